The number of hydrogen-bond acceptors (Lipinski definition) is 5. The maximum atomic E-state index is 12.8. The summed E-state index contributed by atoms with van der Waals surface area (Å²) in [5.74, 6) is -0.637. The molecule has 8 nitrogen and oxygen atoms in total. The smallest absolute Gasteiger partial charge is 0.318 e. The highest BCUT2D eigenvalue weighted by Crippen LogP contribution is 2.46. The average molecular weight is 333 g/mol. The SMILES string of the molecule is CNC(=O)Nc1ccc2c(c1)CC[C@@]21OC(O)N(CC(C)=O)C1=O. The normalized spacial score (nSPS) is 25.0. The molecule has 0 radical (unpaired) electrons. The van der Waals surface area contributed by atoms with Gasteiger partial charge in [0.05, 0.1) is 6.54 Å². The molecule has 1 spiro atoms. The van der Waals surface area contributed by atoms with Gasteiger partial charge in [0.25, 0.3) is 5.91 Å². The highest BCUT2D eigenvalue weighted by Gasteiger charge is 2.56. The summed E-state index contributed by atoms with van der Waals surface area (Å²) < 4.78 is 5.58. The van der Waals surface area contributed by atoms with Crippen LogP contribution in [0.3, 0.4) is 0 Å². The first-order valence-electron chi connectivity index (χ1n) is 7.66. The number of carbonyl (C=O) groups is 3. The number of benzene rings is 1. The lowest BCUT2D eigenvalue weighted by Crippen LogP contribution is -2.40. The summed E-state index contributed by atoms with van der Waals surface area (Å²) in [6, 6.07) is 4.85. The first-order valence-corrected chi connectivity index (χ1v) is 7.66. The van der Waals surface area contributed by atoms with Gasteiger partial charge in [0.1, 0.15) is 5.78 Å². The van der Waals surface area contributed by atoms with Gasteiger partial charge in [-0.05, 0) is 43.0 Å². The van der Waals surface area contributed by atoms with E-state index in [2.05, 4.69) is 10.6 Å². The predicted octanol–water partition coefficient (Wildman–Crippen LogP) is 0.303. The molecule has 1 aliphatic heterocycles. The zero-order valence-electron chi connectivity index (χ0n) is 13.5. The van der Waals surface area contributed by atoms with Crippen LogP contribution in [0.4, 0.5) is 10.5 Å². The number of urea groups is 1. The number of aliphatic hydroxyl groups is 1. The Morgan fingerprint density at radius 2 is 2.21 bits per heavy atom. The van der Waals surface area contributed by atoms with Crippen LogP contribution in [-0.2, 0) is 26.3 Å². The fourth-order valence-corrected chi connectivity index (χ4v) is 3.27. The molecule has 3 rings (SSSR count). The number of anilines is 1. The zero-order valence-corrected chi connectivity index (χ0v) is 13.5. The number of Topliss-reactive ketones (excluding diaryl/α,β-unsaturated/α-hetero) is 1. The standard InChI is InChI=1S/C16H19N3O5/c1-9(20)8-19-13(21)16(24-15(19)23)6-5-10-7-11(3-4-12(10)16)18-14(22)17-2/h3-4,7,15,23H,5-6,8H2,1-2H3,(H2,17,18,22)/t15?,16-/m1/s1. The molecule has 1 unspecified atom stereocenters. The predicted molar refractivity (Wildman–Crippen MR) is 84.0 cm³/mol. The molecule has 0 bridgehead atoms. The van der Waals surface area contributed by atoms with E-state index in [-0.39, 0.29) is 18.4 Å². The van der Waals surface area contributed by atoms with E-state index in [4.69, 9.17) is 4.74 Å². The molecule has 1 aliphatic carbocycles. The van der Waals surface area contributed by atoms with E-state index in [1.807, 2.05) is 0 Å². The first kappa shape index (κ1) is 16.4. The number of carbonyl (C=O) groups excluding carboxylic acids is 3. The summed E-state index contributed by atoms with van der Waals surface area (Å²) in [5.41, 5.74) is 0.890. The molecule has 1 saturated heterocycles. The van der Waals surface area contributed by atoms with E-state index in [1.54, 1.807) is 18.2 Å². The number of rotatable bonds is 3. The Morgan fingerprint density at radius 3 is 2.88 bits per heavy atom. The van der Waals surface area contributed by atoms with Gasteiger partial charge in [-0.3, -0.25) is 14.5 Å². The van der Waals surface area contributed by atoms with Crippen LogP contribution in [0.1, 0.15) is 24.5 Å². The van der Waals surface area contributed by atoms with E-state index in [0.29, 0.717) is 24.1 Å². The molecular formula is C16H19N3O5. The van der Waals surface area contributed by atoms with Gasteiger partial charge < -0.3 is 20.5 Å². The van der Waals surface area contributed by atoms with Gasteiger partial charge in [-0.25, -0.2) is 4.79 Å². The molecule has 1 aromatic carbocycles. The van der Waals surface area contributed by atoms with Gasteiger partial charge in [0.15, 0.2) is 5.60 Å². The Balaban J connectivity index is 1.90. The summed E-state index contributed by atoms with van der Waals surface area (Å²) >= 11 is 0. The van der Waals surface area contributed by atoms with Crippen molar-refractivity contribution in [2.24, 2.45) is 0 Å². The lowest BCUT2D eigenvalue weighted by molar-refractivity contribution is -0.179. The number of ketones is 1. The number of aryl methyl sites for hydroxylation is 1. The number of nitrogens with zero attached hydrogens (tertiary/aromatic N) is 1. The second-order valence-electron chi connectivity index (χ2n) is 5.98. The third kappa shape index (κ3) is 2.53. The third-order valence-corrected chi connectivity index (χ3v) is 4.34. The summed E-state index contributed by atoms with van der Waals surface area (Å²) in [4.78, 5) is 36.5. The minimum absolute atomic E-state index is 0.187. The summed E-state index contributed by atoms with van der Waals surface area (Å²) in [5, 5.41) is 15.2. The third-order valence-electron chi connectivity index (χ3n) is 4.34. The van der Waals surface area contributed by atoms with E-state index < -0.39 is 17.9 Å². The number of amides is 3. The molecule has 24 heavy (non-hydrogen) atoms. The quantitative estimate of drug-likeness (QED) is 0.737. The average Bonchev–Trinajstić information content (AvgIpc) is 3.00. The minimum Gasteiger partial charge on any atom is -0.351 e. The highest BCUT2D eigenvalue weighted by molar-refractivity contribution is 5.93. The van der Waals surface area contributed by atoms with Crippen molar-refractivity contribution in [2.75, 3.05) is 18.9 Å². The second kappa shape index (κ2) is 5.88. The maximum Gasteiger partial charge on any atom is 0.318 e. The lowest BCUT2D eigenvalue weighted by Gasteiger charge is -2.21. The van der Waals surface area contributed by atoms with Gasteiger partial charge in [-0.2, -0.15) is 0 Å². The zero-order chi connectivity index (χ0) is 17.5. The Hall–Kier alpha value is -2.45. The van der Waals surface area contributed by atoms with Gasteiger partial charge >= 0.3 is 6.03 Å². The molecule has 2 aliphatic rings. The van der Waals surface area contributed by atoms with Crippen molar-refractivity contribution in [1.82, 2.24) is 10.2 Å². The van der Waals surface area contributed by atoms with E-state index in [0.717, 1.165) is 10.5 Å². The van der Waals surface area contributed by atoms with E-state index in [1.165, 1.54) is 14.0 Å². The molecule has 8 heteroatoms. The summed E-state index contributed by atoms with van der Waals surface area (Å²) in [7, 11) is 1.52. The Bertz CT molecular complexity index is 720. The van der Waals surface area contributed by atoms with Crippen LogP contribution in [0.25, 0.3) is 0 Å². The Labute approximate surface area is 138 Å². The van der Waals surface area contributed by atoms with Crippen LogP contribution in [0, 0.1) is 0 Å². The van der Waals surface area contributed by atoms with Crippen LogP contribution in [0.15, 0.2) is 18.2 Å². The van der Waals surface area contributed by atoms with Crippen molar-refractivity contribution in [3.63, 3.8) is 0 Å². The van der Waals surface area contributed by atoms with Crippen molar-refractivity contribution in [2.45, 2.75) is 31.8 Å². The first-order chi connectivity index (χ1) is 11.4. The largest absolute Gasteiger partial charge is 0.351 e. The van der Waals surface area contributed by atoms with Crippen molar-refractivity contribution in [3.8, 4) is 0 Å². The molecule has 1 fully saturated rings. The van der Waals surface area contributed by atoms with E-state index >= 15 is 0 Å². The maximum absolute atomic E-state index is 12.8. The van der Waals surface area contributed by atoms with Crippen molar-refractivity contribution >= 4 is 23.4 Å². The number of hydrogen-bond donors (Lipinski definition) is 3. The Morgan fingerprint density at radius 1 is 1.46 bits per heavy atom. The van der Waals surface area contributed by atoms with Gasteiger partial charge in [0.2, 0.25) is 6.41 Å². The van der Waals surface area contributed by atoms with Crippen molar-refractivity contribution < 1.29 is 24.2 Å². The highest BCUT2D eigenvalue weighted by atomic mass is 16.7. The van der Waals surface area contributed by atoms with Crippen LogP contribution in [-0.4, -0.2) is 47.7 Å². The molecule has 3 N–H and O–H groups in total. The molecule has 2 atom stereocenters. The summed E-state index contributed by atoms with van der Waals surface area (Å²) in [6.45, 7) is 1.16. The molecule has 3 amide bonds. The number of nitrogens with one attached hydrogen (secondary N) is 2. The number of ether oxygens (including phenoxy) is 1. The fraction of sp³-hybridized carbons (Fsp3) is 0.438. The molecule has 128 valence electrons. The number of aliphatic hydroxyl groups excluding tert-OH is 1. The van der Waals surface area contributed by atoms with E-state index in [9.17, 15) is 19.5 Å². The van der Waals surface area contributed by atoms with Gasteiger partial charge in [-0.1, -0.05) is 6.07 Å². The van der Waals surface area contributed by atoms with Crippen molar-refractivity contribution in [1.29, 1.82) is 0 Å². The van der Waals surface area contributed by atoms with Crippen LogP contribution < -0.4 is 10.6 Å². The van der Waals surface area contributed by atoms with Crippen LogP contribution in [0.5, 0.6) is 0 Å². The second-order valence-corrected chi connectivity index (χ2v) is 5.98. The molecule has 0 aromatic heterocycles. The molecule has 1 aromatic rings. The van der Waals surface area contributed by atoms with Crippen LogP contribution >= 0.6 is 0 Å². The minimum atomic E-state index is -1.43. The lowest BCUT2D eigenvalue weighted by atomic mass is 9.94. The number of fused-ring (bicyclic) bond motifs is 2. The van der Waals surface area contributed by atoms with Crippen molar-refractivity contribution in [3.05, 3.63) is 29.3 Å². The Kier molecular flexibility index (Phi) is 4.02. The monoisotopic (exact) mass is 333 g/mol. The van der Waals surface area contributed by atoms with Gasteiger partial charge in [-0.15, -0.1) is 0 Å². The summed E-state index contributed by atoms with van der Waals surface area (Å²) in [6.07, 6.45) is -0.475. The van der Waals surface area contributed by atoms with Gasteiger partial charge in [0, 0.05) is 12.7 Å². The molecule has 0 saturated carbocycles. The fourth-order valence-electron chi connectivity index (χ4n) is 3.27. The molecular weight excluding hydrogens is 314 g/mol. The molecule has 1 heterocycles. The topological polar surface area (TPSA) is 108 Å². The van der Waals surface area contributed by atoms with Crippen LogP contribution in [0.2, 0.25) is 0 Å².